The number of hydrogen-bond donors (Lipinski definition) is 4. The summed E-state index contributed by atoms with van der Waals surface area (Å²) in [6.45, 7) is 2.57. The van der Waals surface area contributed by atoms with Crippen LogP contribution in [0.3, 0.4) is 0 Å². The lowest BCUT2D eigenvalue weighted by Crippen LogP contribution is -2.44. The van der Waals surface area contributed by atoms with Gasteiger partial charge < -0.3 is 26.6 Å². The molecule has 1 saturated carbocycles. The molecule has 3 amide bonds. The lowest BCUT2D eigenvalue weighted by Gasteiger charge is -2.29. The number of likely N-dealkylation sites (tertiary alicyclic amines) is 1. The third kappa shape index (κ3) is 7.33. The Kier molecular flexibility index (Phi) is 10.7. The zero-order valence-electron chi connectivity index (χ0n) is 16.9. The Balaban J connectivity index is 0.00000210. The van der Waals surface area contributed by atoms with Crippen molar-refractivity contribution in [2.45, 2.75) is 38.1 Å². The van der Waals surface area contributed by atoms with Crippen molar-refractivity contribution in [3.8, 4) is 0 Å². The minimum atomic E-state index is -0.182. The molecule has 1 saturated heterocycles. The quantitative estimate of drug-likeness (QED) is 0.559. The first kappa shape index (κ1) is 25.5. The molecule has 2 atom stereocenters. The molecule has 1 aliphatic heterocycles. The molecule has 2 aliphatic rings. The third-order valence-corrected chi connectivity index (χ3v) is 5.76. The molecule has 1 aromatic rings. The first-order valence-electron chi connectivity index (χ1n) is 9.92. The Hall–Kier alpha value is -1.54. The van der Waals surface area contributed by atoms with E-state index in [1.807, 2.05) is 12.1 Å². The highest BCUT2D eigenvalue weighted by Gasteiger charge is 2.31. The average Bonchev–Trinajstić information content (AvgIpc) is 3.14. The molecule has 29 heavy (non-hydrogen) atoms. The van der Waals surface area contributed by atoms with Gasteiger partial charge in [0.1, 0.15) is 0 Å². The number of nitrogens with zero attached hydrogens (tertiary/aromatic N) is 1. The summed E-state index contributed by atoms with van der Waals surface area (Å²) in [6, 6.07) is 7.28. The van der Waals surface area contributed by atoms with Crippen LogP contribution in [0.2, 0.25) is 0 Å². The van der Waals surface area contributed by atoms with Gasteiger partial charge in [0.15, 0.2) is 0 Å². The van der Waals surface area contributed by atoms with Gasteiger partial charge in [-0.25, -0.2) is 4.79 Å². The number of carbonyl (C=O) groups excluding carboxylic acids is 2. The molecular formula is C20H33Cl2N5O2. The van der Waals surface area contributed by atoms with Crippen LogP contribution in [0.4, 0.5) is 16.2 Å². The molecule has 7 nitrogen and oxygen atoms in total. The summed E-state index contributed by atoms with van der Waals surface area (Å²) in [6.07, 6.45) is 4.95. The molecular weight excluding hydrogens is 413 g/mol. The Morgan fingerprint density at radius 3 is 2.17 bits per heavy atom. The van der Waals surface area contributed by atoms with Gasteiger partial charge in [0.25, 0.3) is 0 Å². The van der Waals surface area contributed by atoms with Crippen LogP contribution in [0.15, 0.2) is 24.3 Å². The lowest BCUT2D eigenvalue weighted by atomic mass is 9.95. The van der Waals surface area contributed by atoms with Crippen LogP contribution >= 0.6 is 24.8 Å². The van der Waals surface area contributed by atoms with Gasteiger partial charge in [-0.2, -0.15) is 0 Å². The van der Waals surface area contributed by atoms with Crippen molar-refractivity contribution in [1.82, 2.24) is 10.2 Å². The van der Waals surface area contributed by atoms with Gasteiger partial charge in [-0.3, -0.25) is 4.79 Å². The number of halogens is 2. The first-order valence-corrected chi connectivity index (χ1v) is 9.92. The number of carbonyl (C=O) groups is 2. The molecule has 9 heteroatoms. The van der Waals surface area contributed by atoms with E-state index in [0.29, 0.717) is 12.2 Å². The SMILES string of the molecule is CN1CCC(NC(=O)Nc2ccc(NC(=O)[C@@H]3CCC[C@@H]3CN)cc2)CC1.Cl.Cl. The van der Waals surface area contributed by atoms with Crippen LogP contribution in [0, 0.1) is 11.8 Å². The maximum Gasteiger partial charge on any atom is 0.319 e. The number of anilines is 2. The second-order valence-corrected chi connectivity index (χ2v) is 7.78. The lowest BCUT2D eigenvalue weighted by molar-refractivity contribution is -0.120. The van der Waals surface area contributed by atoms with E-state index in [-0.39, 0.29) is 54.6 Å². The maximum atomic E-state index is 12.4. The fraction of sp³-hybridized carbons (Fsp3) is 0.600. The molecule has 1 aromatic carbocycles. The Morgan fingerprint density at radius 1 is 1.00 bits per heavy atom. The summed E-state index contributed by atoms with van der Waals surface area (Å²) in [5, 5.41) is 8.86. The van der Waals surface area contributed by atoms with Crippen molar-refractivity contribution in [1.29, 1.82) is 0 Å². The summed E-state index contributed by atoms with van der Waals surface area (Å²) in [7, 11) is 2.10. The number of hydrogen-bond acceptors (Lipinski definition) is 4. The van der Waals surface area contributed by atoms with Crippen LogP contribution in [0.1, 0.15) is 32.1 Å². The molecule has 5 N–H and O–H groups in total. The highest BCUT2D eigenvalue weighted by Crippen LogP contribution is 2.31. The van der Waals surface area contributed by atoms with Crippen LogP contribution in [-0.4, -0.2) is 49.6 Å². The van der Waals surface area contributed by atoms with E-state index in [2.05, 4.69) is 27.9 Å². The zero-order chi connectivity index (χ0) is 19.2. The summed E-state index contributed by atoms with van der Waals surface area (Å²) in [5.41, 5.74) is 7.21. The molecule has 1 aliphatic carbocycles. The van der Waals surface area contributed by atoms with Crippen molar-refractivity contribution in [2.24, 2.45) is 17.6 Å². The fourth-order valence-electron chi connectivity index (χ4n) is 4.04. The predicted octanol–water partition coefficient (Wildman–Crippen LogP) is 3.06. The predicted molar refractivity (Wildman–Crippen MR) is 122 cm³/mol. The van der Waals surface area contributed by atoms with Gasteiger partial charge in [-0.15, -0.1) is 24.8 Å². The van der Waals surface area contributed by atoms with Crippen molar-refractivity contribution >= 4 is 48.1 Å². The molecule has 1 heterocycles. The number of urea groups is 1. The van der Waals surface area contributed by atoms with E-state index in [1.165, 1.54) is 0 Å². The van der Waals surface area contributed by atoms with E-state index < -0.39 is 0 Å². The van der Waals surface area contributed by atoms with Crippen molar-refractivity contribution in [3.63, 3.8) is 0 Å². The maximum absolute atomic E-state index is 12.4. The van der Waals surface area contributed by atoms with Gasteiger partial charge in [0.2, 0.25) is 5.91 Å². The molecule has 164 valence electrons. The fourth-order valence-corrected chi connectivity index (χ4v) is 4.04. The van der Waals surface area contributed by atoms with Gasteiger partial charge in [0, 0.05) is 23.3 Å². The third-order valence-electron chi connectivity index (χ3n) is 5.76. The number of benzene rings is 1. The topological polar surface area (TPSA) is 99.5 Å². The minimum absolute atomic E-state index is 0. The number of nitrogens with two attached hydrogens (primary N) is 1. The van der Waals surface area contributed by atoms with E-state index in [4.69, 9.17) is 5.73 Å². The second-order valence-electron chi connectivity index (χ2n) is 7.78. The van der Waals surface area contributed by atoms with Crippen molar-refractivity contribution < 1.29 is 9.59 Å². The van der Waals surface area contributed by atoms with Gasteiger partial charge in [0.05, 0.1) is 0 Å². The summed E-state index contributed by atoms with van der Waals surface area (Å²) in [4.78, 5) is 26.9. The average molecular weight is 446 g/mol. The van der Waals surface area contributed by atoms with Gasteiger partial charge in [-0.1, -0.05) is 6.42 Å². The molecule has 0 unspecified atom stereocenters. The van der Waals surface area contributed by atoms with E-state index >= 15 is 0 Å². The second kappa shape index (κ2) is 12.2. The van der Waals surface area contributed by atoms with Crippen LogP contribution < -0.4 is 21.7 Å². The summed E-state index contributed by atoms with van der Waals surface area (Å²) in [5.74, 6) is 0.339. The van der Waals surface area contributed by atoms with E-state index in [9.17, 15) is 9.59 Å². The van der Waals surface area contributed by atoms with E-state index in [1.54, 1.807) is 12.1 Å². The molecule has 0 bridgehead atoms. The number of nitrogens with one attached hydrogen (secondary N) is 3. The van der Waals surface area contributed by atoms with Crippen molar-refractivity contribution in [3.05, 3.63) is 24.3 Å². The summed E-state index contributed by atoms with van der Waals surface area (Å²) >= 11 is 0. The Bertz CT molecular complexity index is 651. The monoisotopic (exact) mass is 445 g/mol. The zero-order valence-corrected chi connectivity index (χ0v) is 18.5. The molecule has 0 aromatic heterocycles. The van der Waals surface area contributed by atoms with Crippen molar-refractivity contribution in [2.75, 3.05) is 37.3 Å². The molecule has 2 fully saturated rings. The number of rotatable bonds is 5. The Labute approximate surface area is 185 Å². The van der Waals surface area contributed by atoms with Crippen LogP contribution in [0.25, 0.3) is 0 Å². The smallest absolute Gasteiger partial charge is 0.319 e. The normalized spacial score (nSPS) is 22.1. The minimum Gasteiger partial charge on any atom is -0.335 e. The van der Waals surface area contributed by atoms with Crippen LogP contribution in [-0.2, 0) is 4.79 Å². The number of piperidine rings is 1. The van der Waals surface area contributed by atoms with Crippen LogP contribution in [0.5, 0.6) is 0 Å². The molecule has 0 spiro atoms. The molecule has 0 radical (unpaired) electrons. The molecule has 3 rings (SSSR count). The highest BCUT2D eigenvalue weighted by atomic mass is 35.5. The Morgan fingerprint density at radius 2 is 1.59 bits per heavy atom. The highest BCUT2D eigenvalue weighted by molar-refractivity contribution is 5.94. The summed E-state index contributed by atoms with van der Waals surface area (Å²) < 4.78 is 0. The standard InChI is InChI=1S/C20H31N5O2.2ClH/c1-25-11-9-17(10-12-25)24-20(27)23-16-7-5-15(6-8-16)22-19(26)18-4-2-3-14(18)13-21;;/h5-8,14,17-18H,2-4,9-13,21H2,1H3,(H,22,26)(H2,23,24,27);2*1H/t14-,18-;;/m1../s1. The van der Waals surface area contributed by atoms with Gasteiger partial charge >= 0.3 is 6.03 Å². The van der Waals surface area contributed by atoms with E-state index in [0.717, 1.165) is 50.9 Å². The largest absolute Gasteiger partial charge is 0.335 e. The number of amides is 3. The van der Waals surface area contributed by atoms with Gasteiger partial charge in [-0.05, 0) is 82.5 Å². The first-order chi connectivity index (χ1) is 13.0.